The minimum atomic E-state index is -3.15. The number of imidazole rings is 1. The molecule has 7 nitrogen and oxygen atoms in total. The summed E-state index contributed by atoms with van der Waals surface area (Å²) in [4.78, 5) is 8.27. The van der Waals surface area contributed by atoms with Crippen molar-refractivity contribution in [3.05, 3.63) is 30.5 Å². The Balaban J connectivity index is 1.85. The lowest BCUT2D eigenvalue weighted by Crippen LogP contribution is -2.39. The highest BCUT2D eigenvalue weighted by Gasteiger charge is 2.11. The lowest BCUT2D eigenvalue weighted by molar-refractivity contribution is 0.519. The Morgan fingerprint density at radius 1 is 1.38 bits per heavy atom. The average Bonchev–Trinajstić information content (AvgIpc) is 2.86. The zero-order chi connectivity index (χ0) is 15.3. The normalized spacial score (nSPS) is 13.6. The summed E-state index contributed by atoms with van der Waals surface area (Å²) in [5.41, 5.74) is 1.81. The molecule has 8 heteroatoms. The third-order valence-corrected chi connectivity index (χ3v) is 4.66. The molecule has 116 valence electrons. The van der Waals surface area contributed by atoms with Crippen molar-refractivity contribution in [2.24, 2.45) is 0 Å². The number of nitrogens with zero attached hydrogens (tertiary/aromatic N) is 3. The Hall–Kier alpha value is -1.51. The number of aromatic nitrogens is 3. The highest BCUT2D eigenvalue weighted by atomic mass is 32.2. The first-order chi connectivity index (χ1) is 10.0. The molecule has 0 saturated heterocycles. The van der Waals surface area contributed by atoms with E-state index in [9.17, 15) is 8.42 Å². The molecule has 0 aliphatic heterocycles. The Morgan fingerprint density at radius 3 is 2.95 bits per heavy atom. The van der Waals surface area contributed by atoms with E-state index in [-0.39, 0.29) is 11.8 Å². The summed E-state index contributed by atoms with van der Waals surface area (Å²) in [5.74, 6) is 0.167. The summed E-state index contributed by atoms with van der Waals surface area (Å²) in [6.07, 6.45) is 7.67. The maximum Gasteiger partial charge on any atom is 0.211 e. The SMILES string of the molecule is CCCS(=O)(=O)NCC(C)NCc1cnc2cnccn12. The molecule has 0 aliphatic carbocycles. The van der Waals surface area contributed by atoms with E-state index in [4.69, 9.17) is 0 Å². The standard InChI is InChI=1S/C13H21N5O2S/c1-3-6-21(19,20)17-7-11(2)15-8-12-9-16-13-10-14-4-5-18(12)13/h4-5,9-11,15,17H,3,6-8H2,1-2H3. The second-order valence-electron chi connectivity index (χ2n) is 5.00. The molecule has 0 radical (unpaired) electrons. The van der Waals surface area contributed by atoms with Crippen LogP contribution in [0, 0.1) is 0 Å². The Labute approximate surface area is 124 Å². The maximum atomic E-state index is 11.6. The van der Waals surface area contributed by atoms with E-state index < -0.39 is 10.0 Å². The van der Waals surface area contributed by atoms with E-state index in [0.717, 1.165) is 11.3 Å². The summed E-state index contributed by atoms with van der Waals surface area (Å²) in [6.45, 7) is 4.78. The van der Waals surface area contributed by atoms with Crippen LogP contribution in [0.1, 0.15) is 26.0 Å². The van der Waals surface area contributed by atoms with Gasteiger partial charge >= 0.3 is 0 Å². The van der Waals surface area contributed by atoms with Crippen LogP contribution >= 0.6 is 0 Å². The number of nitrogens with one attached hydrogen (secondary N) is 2. The molecule has 2 aromatic heterocycles. The third kappa shape index (κ3) is 4.48. The number of sulfonamides is 1. The number of fused-ring (bicyclic) bond motifs is 1. The van der Waals surface area contributed by atoms with E-state index in [1.54, 1.807) is 18.6 Å². The molecular weight excluding hydrogens is 290 g/mol. The lowest BCUT2D eigenvalue weighted by Gasteiger charge is -2.14. The second kappa shape index (κ2) is 6.97. The van der Waals surface area contributed by atoms with Gasteiger partial charge < -0.3 is 5.32 Å². The van der Waals surface area contributed by atoms with Gasteiger partial charge in [-0.1, -0.05) is 6.92 Å². The molecule has 1 unspecified atom stereocenters. The fraction of sp³-hybridized carbons (Fsp3) is 0.538. The van der Waals surface area contributed by atoms with Gasteiger partial charge in [0.2, 0.25) is 10.0 Å². The second-order valence-corrected chi connectivity index (χ2v) is 6.93. The van der Waals surface area contributed by atoms with Gasteiger partial charge in [-0.05, 0) is 13.3 Å². The van der Waals surface area contributed by atoms with Crippen LogP contribution in [0.2, 0.25) is 0 Å². The average molecular weight is 311 g/mol. The monoisotopic (exact) mass is 311 g/mol. The van der Waals surface area contributed by atoms with Crippen molar-refractivity contribution in [2.75, 3.05) is 12.3 Å². The summed E-state index contributed by atoms with van der Waals surface area (Å²) in [7, 11) is -3.15. The van der Waals surface area contributed by atoms with Crippen molar-refractivity contribution in [2.45, 2.75) is 32.9 Å². The molecule has 0 aromatic carbocycles. The molecule has 2 N–H and O–H groups in total. The minimum Gasteiger partial charge on any atom is -0.307 e. The predicted molar refractivity (Wildman–Crippen MR) is 81.4 cm³/mol. The van der Waals surface area contributed by atoms with Crippen LogP contribution in [-0.4, -0.2) is 41.1 Å². The smallest absolute Gasteiger partial charge is 0.211 e. The fourth-order valence-electron chi connectivity index (χ4n) is 1.97. The van der Waals surface area contributed by atoms with Crippen molar-refractivity contribution >= 4 is 15.7 Å². The van der Waals surface area contributed by atoms with Gasteiger partial charge in [0.15, 0.2) is 5.65 Å². The van der Waals surface area contributed by atoms with Crippen molar-refractivity contribution < 1.29 is 8.42 Å². The molecule has 0 amide bonds. The predicted octanol–water partition coefficient (Wildman–Crippen LogP) is 0.537. The lowest BCUT2D eigenvalue weighted by atomic mass is 10.3. The maximum absolute atomic E-state index is 11.6. The molecule has 2 heterocycles. The molecule has 0 bridgehead atoms. The summed E-state index contributed by atoms with van der Waals surface area (Å²) in [6, 6.07) is 0.0315. The first-order valence-corrected chi connectivity index (χ1v) is 8.63. The molecule has 0 spiro atoms. The van der Waals surface area contributed by atoms with E-state index in [1.165, 1.54) is 0 Å². The van der Waals surface area contributed by atoms with Gasteiger partial charge in [-0.2, -0.15) is 0 Å². The molecule has 0 fully saturated rings. The Bertz CT molecular complexity index is 683. The highest BCUT2D eigenvalue weighted by molar-refractivity contribution is 7.89. The molecule has 21 heavy (non-hydrogen) atoms. The van der Waals surface area contributed by atoms with Crippen molar-refractivity contribution in [3.8, 4) is 0 Å². The van der Waals surface area contributed by atoms with E-state index in [0.29, 0.717) is 19.5 Å². The first-order valence-electron chi connectivity index (χ1n) is 6.98. The van der Waals surface area contributed by atoms with Crippen LogP contribution < -0.4 is 10.0 Å². The quantitative estimate of drug-likeness (QED) is 0.743. The van der Waals surface area contributed by atoms with E-state index in [1.807, 2.05) is 24.4 Å². The van der Waals surface area contributed by atoms with E-state index in [2.05, 4.69) is 20.0 Å². The van der Waals surface area contributed by atoms with Gasteiger partial charge in [0.05, 0.1) is 23.8 Å². The van der Waals surface area contributed by atoms with Gasteiger partial charge in [0.1, 0.15) is 0 Å². The number of rotatable bonds is 8. The number of hydrogen-bond acceptors (Lipinski definition) is 5. The molecule has 0 saturated carbocycles. The summed E-state index contributed by atoms with van der Waals surface area (Å²) < 4.78 is 27.7. The van der Waals surface area contributed by atoms with Gasteiger partial charge in [-0.15, -0.1) is 0 Å². The molecule has 1 atom stereocenters. The molecule has 2 aromatic rings. The van der Waals surface area contributed by atoms with Crippen LogP contribution in [0.25, 0.3) is 5.65 Å². The Kier molecular flexibility index (Phi) is 5.27. The zero-order valence-corrected chi connectivity index (χ0v) is 13.1. The van der Waals surface area contributed by atoms with Crippen LogP contribution in [0.3, 0.4) is 0 Å². The zero-order valence-electron chi connectivity index (χ0n) is 12.3. The van der Waals surface area contributed by atoms with Gasteiger partial charge in [0.25, 0.3) is 0 Å². The third-order valence-electron chi connectivity index (χ3n) is 3.11. The van der Waals surface area contributed by atoms with Gasteiger partial charge in [0, 0.05) is 31.5 Å². The van der Waals surface area contributed by atoms with Crippen LogP contribution in [0.15, 0.2) is 24.8 Å². The Morgan fingerprint density at radius 2 is 2.19 bits per heavy atom. The summed E-state index contributed by atoms with van der Waals surface area (Å²) in [5, 5.41) is 3.28. The molecule has 2 rings (SSSR count). The largest absolute Gasteiger partial charge is 0.307 e. The van der Waals surface area contributed by atoms with Crippen LogP contribution in [0.4, 0.5) is 0 Å². The van der Waals surface area contributed by atoms with Crippen molar-refractivity contribution in [1.29, 1.82) is 0 Å². The minimum absolute atomic E-state index is 0.0315. The van der Waals surface area contributed by atoms with E-state index >= 15 is 0 Å². The van der Waals surface area contributed by atoms with Crippen LogP contribution in [0.5, 0.6) is 0 Å². The number of hydrogen-bond donors (Lipinski definition) is 2. The topological polar surface area (TPSA) is 88.4 Å². The van der Waals surface area contributed by atoms with Crippen LogP contribution in [-0.2, 0) is 16.6 Å². The van der Waals surface area contributed by atoms with Gasteiger partial charge in [-0.25, -0.2) is 18.1 Å². The highest BCUT2D eigenvalue weighted by Crippen LogP contribution is 2.04. The molecule has 0 aliphatic rings. The van der Waals surface area contributed by atoms with Crippen molar-refractivity contribution in [3.63, 3.8) is 0 Å². The molecular formula is C13H21N5O2S. The fourth-order valence-corrected chi connectivity index (χ4v) is 3.16. The first kappa shape index (κ1) is 15.9. The van der Waals surface area contributed by atoms with Crippen molar-refractivity contribution in [1.82, 2.24) is 24.4 Å². The summed E-state index contributed by atoms with van der Waals surface area (Å²) >= 11 is 0. The van der Waals surface area contributed by atoms with Gasteiger partial charge in [-0.3, -0.25) is 9.38 Å².